The van der Waals surface area contributed by atoms with E-state index < -0.39 is 12.1 Å². The van der Waals surface area contributed by atoms with Gasteiger partial charge in [0.2, 0.25) is 11.8 Å². The van der Waals surface area contributed by atoms with Crippen molar-refractivity contribution >= 4 is 12.0 Å². The van der Waals surface area contributed by atoms with E-state index in [0.29, 0.717) is 18.1 Å². The molecule has 3 rings (SSSR count). The number of amides is 2. The van der Waals surface area contributed by atoms with Crippen LogP contribution in [-0.4, -0.2) is 28.2 Å². The van der Waals surface area contributed by atoms with Crippen LogP contribution in [0.4, 0.5) is 4.79 Å². The quantitative estimate of drug-likeness (QED) is 0.560. The van der Waals surface area contributed by atoms with Gasteiger partial charge in [-0.15, -0.1) is 0 Å². The number of aromatic nitrogens is 2. The molecule has 1 atom stereocenters. The third-order valence-electron chi connectivity index (χ3n) is 4.63. The highest BCUT2D eigenvalue weighted by atomic mass is 16.5. The minimum Gasteiger partial charge on any atom is -0.445 e. The fraction of sp³-hybridized carbons (Fsp3) is 0.333. The lowest BCUT2D eigenvalue weighted by atomic mass is 9.97. The third-order valence-corrected chi connectivity index (χ3v) is 4.63. The molecule has 0 aliphatic rings. The number of carbonyl (C=O) groups excluding carboxylic acids is 2. The second-order valence-electron chi connectivity index (χ2n) is 8.43. The van der Waals surface area contributed by atoms with E-state index in [-0.39, 0.29) is 24.5 Å². The zero-order valence-electron chi connectivity index (χ0n) is 18.5. The first-order valence-corrected chi connectivity index (χ1v) is 10.4. The molecule has 2 aromatic carbocycles. The standard InChI is InChI=1S/C24H28N4O4/c1-24(2,3)22-27-20(28-32-22)15-25-21(29)19(14-17-10-6-4-7-11-17)26-23(30)31-16-18-12-8-5-9-13-18/h4-13,19H,14-16H2,1-3H3,(H,25,29)(H,26,30)/t19-/m0/s1. The zero-order valence-corrected chi connectivity index (χ0v) is 18.5. The number of nitrogens with one attached hydrogen (secondary N) is 2. The van der Waals surface area contributed by atoms with Gasteiger partial charge < -0.3 is 19.9 Å². The predicted molar refractivity (Wildman–Crippen MR) is 119 cm³/mol. The van der Waals surface area contributed by atoms with E-state index in [4.69, 9.17) is 9.26 Å². The minimum atomic E-state index is -0.824. The maximum atomic E-state index is 12.9. The number of alkyl carbamates (subject to hydrolysis) is 1. The Labute approximate surface area is 187 Å². The van der Waals surface area contributed by atoms with Crippen molar-refractivity contribution in [3.63, 3.8) is 0 Å². The van der Waals surface area contributed by atoms with Gasteiger partial charge in [0.25, 0.3) is 0 Å². The van der Waals surface area contributed by atoms with E-state index in [9.17, 15) is 9.59 Å². The summed E-state index contributed by atoms with van der Waals surface area (Å²) >= 11 is 0. The average Bonchev–Trinajstić information content (AvgIpc) is 3.27. The van der Waals surface area contributed by atoms with Crippen LogP contribution >= 0.6 is 0 Å². The Morgan fingerprint density at radius 2 is 1.62 bits per heavy atom. The maximum absolute atomic E-state index is 12.9. The van der Waals surface area contributed by atoms with Gasteiger partial charge in [0.15, 0.2) is 5.82 Å². The summed E-state index contributed by atoms with van der Waals surface area (Å²) in [7, 11) is 0. The van der Waals surface area contributed by atoms with E-state index in [1.165, 1.54) is 0 Å². The lowest BCUT2D eigenvalue weighted by Gasteiger charge is -2.18. The summed E-state index contributed by atoms with van der Waals surface area (Å²) in [6.45, 7) is 6.09. The fourth-order valence-corrected chi connectivity index (χ4v) is 2.89. The van der Waals surface area contributed by atoms with Crippen molar-refractivity contribution in [1.82, 2.24) is 20.8 Å². The average molecular weight is 437 g/mol. The molecule has 0 bridgehead atoms. The minimum absolute atomic E-state index is 0.0877. The number of carbonyl (C=O) groups is 2. The van der Waals surface area contributed by atoms with Crippen molar-refractivity contribution < 1.29 is 18.8 Å². The van der Waals surface area contributed by atoms with Gasteiger partial charge in [-0.2, -0.15) is 4.98 Å². The van der Waals surface area contributed by atoms with E-state index >= 15 is 0 Å². The van der Waals surface area contributed by atoms with Crippen LogP contribution in [0, 0.1) is 0 Å². The van der Waals surface area contributed by atoms with E-state index in [1.54, 1.807) is 0 Å². The molecule has 3 aromatic rings. The molecule has 2 amide bonds. The topological polar surface area (TPSA) is 106 Å². The van der Waals surface area contributed by atoms with Gasteiger partial charge >= 0.3 is 6.09 Å². The maximum Gasteiger partial charge on any atom is 0.408 e. The molecular formula is C24H28N4O4. The van der Waals surface area contributed by atoms with Crippen molar-refractivity contribution in [3.05, 3.63) is 83.5 Å². The van der Waals surface area contributed by atoms with Gasteiger partial charge in [0, 0.05) is 11.8 Å². The second kappa shape index (κ2) is 10.6. The molecule has 1 heterocycles. The van der Waals surface area contributed by atoms with Crippen LogP contribution < -0.4 is 10.6 Å². The summed E-state index contributed by atoms with van der Waals surface area (Å²) in [5.41, 5.74) is 1.49. The van der Waals surface area contributed by atoms with Gasteiger partial charge in [-0.3, -0.25) is 4.79 Å². The molecule has 0 aliphatic carbocycles. The highest BCUT2D eigenvalue weighted by Gasteiger charge is 2.24. The van der Waals surface area contributed by atoms with Gasteiger partial charge in [-0.1, -0.05) is 86.6 Å². The first-order valence-electron chi connectivity index (χ1n) is 10.4. The van der Waals surface area contributed by atoms with Crippen molar-refractivity contribution in [2.75, 3.05) is 0 Å². The Balaban J connectivity index is 1.61. The van der Waals surface area contributed by atoms with Gasteiger partial charge in [0.1, 0.15) is 12.6 Å². The van der Waals surface area contributed by atoms with Gasteiger partial charge in [0.05, 0.1) is 6.54 Å². The lowest BCUT2D eigenvalue weighted by Crippen LogP contribution is -2.48. The SMILES string of the molecule is CC(C)(C)c1nc(CNC(=O)[C@H](Cc2ccccc2)NC(=O)OCc2ccccc2)no1. The summed E-state index contributed by atoms with van der Waals surface area (Å²) < 4.78 is 10.5. The molecule has 1 aromatic heterocycles. The molecule has 0 saturated heterocycles. The molecular weight excluding hydrogens is 408 g/mol. The van der Waals surface area contributed by atoms with Crippen molar-refractivity contribution in [1.29, 1.82) is 0 Å². The molecule has 0 aliphatic heterocycles. The molecule has 0 saturated carbocycles. The van der Waals surface area contributed by atoms with Crippen molar-refractivity contribution in [2.45, 2.75) is 51.8 Å². The van der Waals surface area contributed by atoms with E-state index in [2.05, 4.69) is 20.8 Å². The largest absolute Gasteiger partial charge is 0.445 e. The Morgan fingerprint density at radius 1 is 1.00 bits per heavy atom. The molecule has 0 spiro atoms. The molecule has 168 valence electrons. The zero-order chi connectivity index (χ0) is 23.0. The van der Waals surface area contributed by atoms with Gasteiger partial charge in [-0.25, -0.2) is 4.79 Å². The Morgan fingerprint density at radius 3 is 2.22 bits per heavy atom. The highest BCUT2D eigenvalue weighted by Crippen LogP contribution is 2.19. The predicted octanol–water partition coefficient (Wildman–Crippen LogP) is 3.52. The summed E-state index contributed by atoms with van der Waals surface area (Å²) in [5, 5.41) is 9.34. The molecule has 8 nitrogen and oxygen atoms in total. The number of hydrogen-bond donors (Lipinski definition) is 2. The molecule has 0 radical (unpaired) electrons. The normalized spacial score (nSPS) is 12.1. The van der Waals surface area contributed by atoms with E-state index in [1.807, 2.05) is 81.4 Å². The first-order chi connectivity index (χ1) is 15.3. The second-order valence-corrected chi connectivity index (χ2v) is 8.43. The number of ether oxygens (including phenoxy) is 1. The van der Waals surface area contributed by atoms with Gasteiger partial charge in [-0.05, 0) is 11.1 Å². The smallest absolute Gasteiger partial charge is 0.408 e. The Hall–Kier alpha value is -3.68. The summed E-state index contributed by atoms with van der Waals surface area (Å²) in [5.74, 6) is 0.492. The van der Waals surface area contributed by atoms with Crippen LogP contribution in [-0.2, 0) is 34.5 Å². The van der Waals surface area contributed by atoms with Crippen LogP contribution in [0.25, 0.3) is 0 Å². The number of benzene rings is 2. The monoisotopic (exact) mass is 436 g/mol. The van der Waals surface area contributed by atoms with Crippen LogP contribution in [0.3, 0.4) is 0 Å². The van der Waals surface area contributed by atoms with Crippen molar-refractivity contribution in [3.8, 4) is 0 Å². The van der Waals surface area contributed by atoms with Crippen molar-refractivity contribution in [2.24, 2.45) is 0 Å². The third kappa shape index (κ3) is 6.94. The van der Waals surface area contributed by atoms with Crippen LogP contribution in [0.15, 0.2) is 65.2 Å². The van der Waals surface area contributed by atoms with Crippen LogP contribution in [0.2, 0.25) is 0 Å². The fourth-order valence-electron chi connectivity index (χ4n) is 2.89. The summed E-state index contributed by atoms with van der Waals surface area (Å²) in [6.07, 6.45) is -0.355. The number of rotatable bonds is 8. The molecule has 32 heavy (non-hydrogen) atoms. The molecule has 2 N–H and O–H groups in total. The summed E-state index contributed by atoms with van der Waals surface area (Å²) in [4.78, 5) is 29.5. The van der Waals surface area contributed by atoms with E-state index in [0.717, 1.165) is 11.1 Å². The number of hydrogen-bond acceptors (Lipinski definition) is 6. The number of nitrogens with zero attached hydrogens (tertiary/aromatic N) is 2. The Kier molecular flexibility index (Phi) is 7.59. The molecule has 0 fully saturated rings. The lowest BCUT2D eigenvalue weighted by molar-refractivity contribution is -0.123. The Bertz CT molecular complexity index is 1010. The highest BCUT2D eigenvalue weighted by molar-refractivity contribution is 5.85. The summed E-state index contributed by atoms with van der Waals surface area (Å²) in [6, 6.07) is 18.0. The first kappa shape index (κ1) is 23.0. The van der Waals surface area contributed by atoms with Crippen LogP contribution in [0.5, 0.6) is 0 Å². The van der Waals surface area contributed by atoms with Crippen LogP contribution in [0.1, 0.15) is 43.6 Å². The molecule has 8 heteroatoms. The molecule has 0 unspecified atom stereocenters.